The van der Waals surface area contributed by atoms with Crippen LogP contribution in [0.2, 0.25) is 0 Å². The fourth-order valence-electron chi connectivity index (χ4n) is 2.71. The zero-order valence-corrected chi connectivity index (χ0v) is 17.3. The molecule has 0 radical (unpaired) electrons. The van der Waals surface area contributed by atoms with Gasteiger partial charge < -0.3 is 14.4 Å². The van der Waals surface area contributed by atoms with Crippen molar-refractivity contribution in [1.82, 2.24) is 4.90 Å². The first-order valence-corrected chi connectivity index (χ1v) is 9.23. The molecule has 1 aliphatic heterocycles. The summed E-state index contributed by atoms with van der Waals surface area (Å²) in [5.74, 6) is 1.21. The van der Waals surface area contributed by atoms with Gasteiger partial charge in [0.15, 0.2) is 0 Å². The van der Waals surface area contributed by atoms with Crippen LogP contribution in [0.1, 0.15) is 67.7 Å². The highest BCUT2D eigenvalue weighted by Gasteiger charge is 2.40. The highest BCUT2D eigenvalue weighted by molar-refractivity contribution is 5.80. The Morgan fingerprint density at radius 1 is 1.12 bits per heavy atom. The van der Waals surface area contributed by atoms with Gasteiger partial charge in [-0.15, -0.1) is 0 Å². The first kappa shape index (κ1) is 25.6. The summed E-state index contributed by atoms with van der Waals surface area (Å²) in [6.07, 6.45) is 2.02. The zero-order chi connectivity index (χ0) is 20.0. The van der Waals surface area contributed by atoms with Crippen LogP contribution in [0.15, 0.2) is 0 Å². The van der Waals surface area contributed by atoms with Gasteiger partial charge in [0.2, 0.25) is 0 Å². The molecule has 2 rings (SSSR count). The Kier molecular flexibility index (Phi) is 14.0. The van der Waals surface area contributed by atoms with Crippen molar-refractivity contribution >= 4 is 18.3 Å². The molecule has 2 fully saturated rings. The molecular weight excluding hydrogens is 322 g/mol. The van der Waals surface area contributed by atoms with Gasteiger partial charge in [-0.05, 0) is 39.0 Å². The Bertz CT molecular complexity index is 390. The molecule has 0 N–H and O–H groups in total. The molecule has 0 aromatic heterocycles. The number of likely N-dealkylation sites (tertiary alicyclic amines) is 1. The van der Waals surface area contributed by atoms with Gasteiger partial charge in [-0.2, -0.15) is 0 Å². The number of hydrogen-bond acceptors (Lipinski definition) is 5. The van der Waals surface area contributed by atoms with E-state index in [4.69, 9.17) is 9.53 Å². The van der Waals surface area contributed by atoms with Crippen molar-refractivity contribution in [1.29, 1.82) is 0 Å². The fourth-order valence-corrected chi connectivity index (χ4v) is 2.71. The zero-order valence-electron chi connectivity index (χ0n) is 17.3. The number of methoxy groups -OCH3 is 1. The van der Waals surface area contributed by atoms with Crippen LogP contribution < -0.4 is 0 Å². The molecule has 0 spiro atoms. The third-order valence-corrected chi connectivity index (χ3v) is 3.61. The smallest absolute Gasteiger partial charge is 0.410 e. The molecule has 6 nitrogen and oxygen atoms in total. The quantitative estimate of drug-likeness (QED) is 0.660. The molecule has 25 heavy (non-hydrogen) atoms. The summed E-state index contributed by atoms with van der Waals surface area (Å²) in [6.45, 7) is 15.4. The van der Waals surface area contributed by atoms with Crippen LogP contribution in [0, 0.1) is 11.8 Å². The molecule has 0 aromatic carbocycles. The van der Waals surface area contributed by atoms with E-state index in [0.29, 0.717) is 43.5 Å². The van der Waals surface area contributed by atoms with Gasteiger partial charge in [-0.1, -0.05) is 27.7 Å². The second kappa shape index (κ2) is 13.7. The number of ketones is 1. The van der Waals surface area contributed by atoms with Crippen molar-refractivity contribution in [3.63, 3.8) is 0 Å². The summed E-state index contributed by atoms with van der Waals surface area (Å²) >= 11 is 0. The molecule has 1 saturated carbocycles. The monoisotopic (exact) mass is 359 g/mol. The van der Waals surface area contributed by atoms with E-state index in [-0.39, 0.29) is 6.09 Å². The Labute approximate surface area is 153 Å². The lowest BCUT2D eigenvalue weighted by Crippen LogP contribution is -2.35. The number of carbonyl (C=O) groups excluding carboxylic acids is 3. The molecule has 0 bridgehead atoms. The highest BCUT2D eigenvalue weighted by atomic mass is 16.6. The van der Waals surface area contributed by atoms with Crippen LogP contribution >= 0.6 is 0 Å². The summed E-state index contributed by atoms with van der Waals surface area (Å²) in [5.41, 5.74) is -0.444. The number of carbonyl (C=O) groups is 3. The number of fused-ring (bicyclic) bond motifs is 1. The first-order valence-electron chi connectivity index (χ1n) is 9.23. The lowest BCUT2D eigenvalue weighted by Gasteiger charge is -2.24. The first-order chi connectivity index (χ1) is 11.8. The highest BCUT2D eigenvalue weighted by Crippen LogP contribution is 2.35. The average Bonchev–Trinajstić information content (AvgIpc) is 3.00. The van der Waals surface area contributed by atoms with Crippen molar-refractivity contribution in [3.05, 3.63) is 0 Å². The number of ether oxygens (including phenoxy) is 2. The average molecular weight is 360 g/mol. The molecule has 1 heterocycles. The molecule has 0 aromatic rings. The maximum Gasteiger partial charge on any atom is 0.410 e. The lowest BCUT2D eigenvalue weighted by atomic mass is 9.81. The number of Topliss-reactive ketones (excluding diaryl/α,β-unsaturated/α-hetero) is 1. The van der Waals surface area contributed by atoms with Crippen LogP contribution in [0.3, 0.4) is 0 Å². The van der Waals surface area contributed by atoms with E-state index in [1.807, 2.05) is 48.5 Å². The normalized spacial score (nSPS) is 21.1. The molecule has 148 valence electrons. The maximum atomic E-state index is 11.9. The van der Waals surface area contributed by atoms with Crippen LogP contribution in [-0.2, 0) is 19.1 Å². The van der Waals surface area contributed by atoms with Crippen molar-refractivity contribution in [2.75, 3.05) is 20.2 Å². The Hall–Kier alpha value is -1.59. The summed E-state index contributed by atoms with van der Waals surface area (Å²) in [5, 5.41) is 0. The molecule has 0 unspecified atom stereocenters. The maximum absolute atomic E-state index is 11.9. The standard InChI is InChI=1S/C13H21NO3.C2H4O2.2C2H6/c1-13(2,3)17-12(16)14-7-9-4-5-11(15)6-10(9)8-14;1-4-2-3;2*1-2/h9-10H,4-8H2,1-3H3;2H,1H3;2*1-2H3/t9-,10+;;;/m0.../s1. The largest absolute Gasteiger partial charge is 0.471 e. The Balaban J connectivity index is 0. The predicted molar refractivity (Wildman–Crippen MR) is 99.4 cm³/mol. The van der Waals surface area contributed by atoms with Crippen LogP contribution in [0.25, 0.3) is 0 Å². The minimum absolute atomic E-state index is 0.237. The van der Waals surface area contributed by atoms with Gasteiger partial charge in [0.05, 0.1) is 7.11 Å². The predicted octanol–water partition coefficient (Wildman–Crippen LogP) is 4.06. The summed E-state index contributed by atoms with van der Waals surface area (Å²) in [7, 11) is 1.31. The molecule has 2 atom stereocenters. The van der Waals surface area contributed by atoms with Gasteiger partial charge in [0.1, 0.15) is 11.4 Å². The van der Waals surface area contributed by atoms with Crippen LogP contribution in [-0.4, -0.2) is 49.0 Å². The van der Waals surface area contributed by atoms with Gasteiger partial charge in [0.25, 0.3) is 6.47 Å². The molecular formula is C19H37NO5. The number of hydrogen-bond donors (Lipinski definition) is 0. The van der Waals surface area contributed by atoms with Crippen molar-refractivity contribution in [2.24, 2.45) is 11.8 Å². The molecule has 1 amide bonds. The summed E-state index contributed by atoms with van der Waals surface area (Å²) in [6, 6.07) is 0. The second-order valence-electron chi connectivity index (χ2n) is 6.52. The van der Waals surface area contributed by atoms with Gasteiger partial charge in [0, 0.05) is 25.9 Å². The van der Waals surface area contributed by atoms with Crippen LogP contribution in [0.5, 0.6) is 0 Å². The third kappa shape index (κ3) is 10.8. The van der Waals surface area contributed by atoms with E-state index >= 15 is 0 Å². The SMILES string of the molecule is CC.CC.CC(C)(C)OC(=O)N1C[C@H]2CC(=O)CC[C@H]2C1.COC=O. The minimum Gasteiger partial charge on any atom is -0.471 e. The van der Waals surface area contributed by atoms with Crippen LogP contribution in [0.4, 0.5) is 4.79 Å². The van der Waals surface area contributed by atoms with Crippen molar-refractivity contribution in [2.45, 2.75) is 73.3 Å². The second-order valence-corrected chi connectivity index (χ2v) is 6.52. The number of amides is 1. The summed E-state index contributed by atoms with van der Waals surface area (Å²) < 4.78 is 9.22. The van der Waals surface area contributed by atoms with Gasteiger partial charge in [-0.25, -0.2) is 4.79 Å². The minimum atomic E-state index is -0.444. The van der Waals surface area contributed by atoms with Gasteiger partial charge in [-0.3, -0.25) is 9.59 Å². The summed E-state index contributed by atoms with van der Waals surface area (Å²) in [4.78, 5) is 34.0. The molecule has 6 heteroatoms. The van der Waals surface area contributed by atoms with Crippen molar-refractivity contribution in [3.8, 4) is 0 Å². The Morgan fingerprint density at radius 3 is 2.04 bits per heavy atom. The molecule has 2 aliphatic rings. The fraction of sp³-hybridized carbons (Fsp3) is 0.842. The molecule has 1 aliphatic carbocycles. The van der Waals surface area contributed by atoms with Crippen molar-refractivity contribution < 1.29 is 23.9 Å². The van der Waals surface area contributed by atoms with E-state index in [9.17, 15) is 9.59 Å². The molecule has 1 saturated heterocycles. The Morgan fingerprint density at radius 2 is 1.60 bits per heavy atom. The van der Waals surface area contributed by atoms with E-state index in [1.165, 1.54) is 7.11 Å². The van der Waals surface area contributed by atoms with E-state index < -0.39 is 5.60 Å². The topological polar surface area (TPSA) is 72.9 Å². The lowest BCUT2D eigenvalue weighted by molar-refractivity contribution is -0.126. The third-order valence-electron chi connectivity index (χ3n) is 3.61. The van der Waals surface area contributed by atoms with E-state index in [2.05, 4.69) is 4.74 Å². The van der Waals surface area contributed by atoms with Gasteiger partial charge >= 0.3 is 6.09 Å². The number of nitrogens with zero attached hydrogens (tertiary/aromatic N) is 1. The van der Waals surface area contributed by atoms with E-state index in [0.717, 1.165) is 13.0 Å². The number of rotatable bonds is 1. The van der Waals surface area contributed by atoms with E-state index in [1.54, 1.807) is 4.90 Å².